The lowest BCUT2D eigenvalue weighted by Crippen LogP contribution is -2.53. The largest absolute Gasteiger partial charge is 0.306 e. The van der Waals surface area contributed by atoms with Crippen molar-refractivity contribution in [3.8, 4) is 0 Å². The van der Waals surface area contributed by atoms with Crippen molar-refractivity contribution in [1.82, 2.24) is 4.90 Å². The number of hydrogen-bond acceptors (Lipinski definition) is 1. The van der Waals surface area contributed by atoms with Crippen molar-refractivity contribution in [2.24, 2.45) is 75.4 Å². The van der Waals surface area contributed by atoms with Crippen LogP contribution in [0.5, 0.6) is 0 Å². The molecule has 7 aliphatic carbocycles. The summed E-state index contributed by atoms with van der Waals surface area (Å²) in [5.41, 5.74) is 2.28. The van der Waals surface area contributed by atoms with E-state index in [2.05, 4.69) is 46.7 Å². The molecular weight excluding hydrogens is 398 g/mol. The standard InChI is InChI=1S/C32H53N/c1-7-21(8-2)31-18-26(31)28(32(31)20(4)29(32)33(5)6)23-17-25-27-22-13-11-9-10-12-14-24(22)30(25,27)16-15-19(23)3/h19-29H,7-18H2,1-6H3. The van der Waals surface area contributed by atoms with Crippen molar-refractivity contribution < 1.29 is 0 Å². The Morgan fingerprint density at radius 3 is 2.21 bits per heavy atom. The third-order valence-corrected chi connectivity index (χ3v) is 14.6. The SMILES string of the molecule is CCC(CC)C12CC1C(C1CC3C4C5CCCCCCC5C34CCC1C)C21C(C)C1N(C)C. The van der Waals surface area contributed by atoms with Gasteiger partial charge in [0.2, 0.25) is 0 Å². The van der Waals surface area contributed by atoms with E-state index >= 15 is 0 Å². The van der Waals surface area contributed by atoms with Gasteiger partial charge < -0.3 is 4.90 Å². The summed E-state index contributed by atoms with van der Waals surface area (Å²) in [5, 5.41) is 0. The van der Waals surface area contributed by atoms with Gasteiger partial charge in [0.1, 0.15) is 0 Å². The normalized spacial score (nSPS) is 60.4. The van der Waals surface area contributed by atoms with Crippen LogP contribution in [-0.4, -0.2) is 25.0 Å². The Morgan fingerprint density at radius 2 is 1.55 bits per heavy atom. The Morgan fingerprint density at radius 1 is 0.818 bits per heavy atom. The van der Waals surface area contributed by atoms with Gasteiger partial charge >= 0.3 is 0 Å². The lowest BCUT2D eigenvalue weighted by atomic mass is 9.49. The van der Waals surface area contributed by atoms with Gasteiger partial charge in [-0.1, -0.05) is 66.2 Å². The molecule has 0 aromatic carbocycles. The van der Waals surface area contributed by atoms with E-state index in [0.717, 1.165) is 70.1 Å². The second-order valence-electron chi connectivity index (χ2n) is 14.9. The highest BCUT2D eigenvalue weighted by Gasteiger charge is 2.94. The maximum atomic E-state index is 2.71. The van der Waals surface area contributed by atoms with Gasteiger partial charge in [0.05, 0.1) is 0 Å². The summed E-state index contributed by atoms with van der Waals surface area (Å²) in [6, 6.07) is 0.872. The average Bonchev–Trinajstić information content (AvgIpc) is 3.68. The van der Waals surface area contributed by atoms with Crippen LogP contribution in [0.15, 0.2) is 0 Å². The number of fused-ring (bicyclic) bond motifs is 5. The summed E-state index contributed by atoms with van der Waals surface area (Å²) in [4.78, 5) is 2.67. The molecule has 0 amide bonds. The van der Waals surface area contributed by atoms with Crippen LogP contribution in [-0.2, 0) is 0 Å². The zero-order valence-corrected chi connectivity index (χ0v) is 22.8. The zero-order chi connectivity index (χ0) is 22.9. The van der Waals surface area contributed by atoms with Crippen LogP contribution in [0.1, 0.15) is 105 Å². The second-order valence-corrected chi connectivity index (χ2v) is 14.9. The number of nitrogens with zero attached hydrogens (tertiary/aromatic N) is 1. The molecule has 0 bridgehead atoms. The van der Waals surface area contributed by atoms with Crippen LogP contribution < -0.4 is 0 Å². The minimum absolute atomic E-state index is 0.684. The Hall–Kier alpha value is -0.0400. The van der Waals surface area contributed by atoms with Crippen molar-refractivity contribution in [3.05, 3.63) is 0 Å². The molecule has 13 atom stereocenters. The fraction of sp³-hybridized carbons (Fsp3) is 1.00. The van der Waals surface area contributed by atoms with Gasteiger partial charge in [0, 0.05) is 6.04 Å². The Balaban J connectivity index is 1.18. The molecule has 0 heterocycles. The molecular formula is C32H53N. The molecule has 0 saturated heterocycles. The monoisotopic (exact) mass is 451 g/mol. The zero-order valence-electron chi connectivity index (χ0n) is 22.8. The van der Waals surface area contributed by atoms with E-state index in [9.17, 15) is 0 Å². The first-order chi connectivity index (χ1) is 15.9. The Labute approximate surface area is 205 Å². The van der Waals surface area contributed by atoms with Gasteiger partial charge in [0.15, 0.2) is 0 Å². The number of hydrogen-bond donors (Lipinski definition) is 0. The molecule has 0 N–H and O–H groups in total. The molecule has 1 heteroatoms. The smallest absolute Gasteiger partial charge is 0.0189 e. The molecule has 2 spiro atoms. The Kier molecular flexibility index (Phi) is 4.73. The van der Waals surface area contributed by atoms with Crippen molar-refractivity contribution in [3.63, 3.8) is 0 Å². The van der Waals surface area contributed by atoms with Gasteiger partial charge in [0.25, 0.3) is 0 Å². The van der Waals surface area contributed by atoms with E-state index in [1.54, 1.807) is 51.4 Å². The highest BCUT2D eigenvalue weighted by atomic mass is 15.2. The molecule has 0 radical (unpaired) electrons. The van der Waals surface area contributed by atoms with Crippen molar-refractivity contribution in [2.75, 3.05) is 14.1 Å². The first-order valence-corrected chi connectivity index (χ1v) is 15.6. The molecule has 7 fully saturated rings. The van der Waals surface area contributed by atoms with E-state index in [4.69, 9.17) is 0 Å². The molecule has 33 heavy (non-hydrogen) atoms. The van der Waals surface area contributed by atoms with Gasteiger partial charge in [-0.15, -0.1) is 0 Å². The van der Waals surface area contributed by atoms with E-state index in [1.165, 1.54) is 31.6 Å². The van der Waals surface area contributed by atoms with Gasteiger partial charge in [-0.05, 0) is 128 Å². The summed E-state index contributed by atoms with van der Waals surface area (Å²) in [5.74, 6) is 10.7. The third kappa shape index (κ3) is 2.33. The molecule has 0 aliphatic heterocycles. The molecule has 1 nitrogen and oxygen atoms in total. The topological polar surface area (TPSA) is 3.24 Å². The summed E-state index contributed by atoms with van der Waals surface area (Å²) in [7, 11) is 4.82. The predicted molar refractivity (Wildman–Crippen MR) is 138 cm³/mol. The summed E-state index contributed by atoms with van der Waals surface area (Å²) < 4.78 is 0. The van der Waals surface area contributed by atoms with Crippen LogP contribution in [0.25, 0.3) is 0 Å². The molecule has 7 rings (SSSR count). The lowest BCUT2D eigenvalue weighted by Gasteiger charge is -2.55. The molecule has 7 saturated carbocycles. The molecule has 0 aromatic rings. The number of rotatable bonds is 5. The van der Waals surface area contributed by atoms with E-state index in [0.29, 0.717) is 5.41 Å². The minimum atomic E-state index is 0.684. The predicted octanol–water partition coefficient (Wildman–Crippen LogP) is 7.89. The summed E-state index contributed by atoms with van der Waals surface area (Å²) >= 11 is 0. The molecule has 7 aliphatic rings. The first kappa shape index (κ1) is 22.2. The fourth-order valence-electron chi connectivity index (χ4n) is 13.8. The van der Waals surface area contributed by atoms with Crippen molar-refractivity contribution in [1.29, 1.82) is 0 Å². The first-order valence-electron chi connectivity index (χ1n) is 15.6. The van der Waals surface area contributed by atoms with Gasteiger partial charge in [-0.2, -0.15) is 0 Å². The van der Waals surface area contributed by atoms with E-state index in [-0.39, 0.29) is 0 Å². The molecule has 186 valence electrons. The van der Waals surface area contributed by atoms with Crippen LogP contribution in [0.2, 0.25) is 0 Å². The quantitative estimate of drug-likeness (QED) is 0.410. The van der Waals surface area contributed by atoms with Crippen molar-refractivity contribution in [2.45, 2.75) is 111 Å². The van der Waals surface area contributed by atoms with Crippen LogP contribution >= 0.6 is 0 Å². The van der Waals surface area contributed by atoms with E-state index < -0.39 is 0 Å². The van der Waals surface area contributed by atoms with E-state index in [1.807, 2.05) is 0 Å². The minimum Gasteiger partial charge on any atom is -0.306 e. The molecule has 0 aromatic heterocycles. The summed E-state index contributed by atoms with van der Waals surface area (Å²) in [6.07, 6.45) is 18.6. The average molecular weight is 452 g/mol. The van der Waals surface area contributed by atoms with Crippen LogP contribution in [0.3, 0.4) is 0 Å². The highest BCUT2D eigenvalue weighted by molar-refractivity contribution is 5.42. The van der Waals surface area contributed by atoms with Crippen LogP contribution in [0, 0.1) is 75.4 Å². The summed E-state index contributed by atoms with van der Waals surface area (Å²) in [6.45, 7) is 10.4. The molecule has 13 unspecified atom stereocenters. The maximum Gasteiger partial charge on any atom is 0.0189 e. The highest BCUT2D eigenvalue weighted by Crippen LogP contribution is 2.96. The lowest BCUT2D eigenvalue weighted by molar-refractivity contribution is -0.0895. The second kappa shape index (κ2) is 7.04. The maximum absolute atomic E-state index is 2.71. The van der Waals surface area contributed by atoms with Crippen molar-refractivity contribution >= 4 is 0 Å². The Bertz CT molecular complexity index is 798. The van der Waals surface area contributed by atoms with Gasteiger partial charge in [-0.25, -0.2) is 0 Å². The van der Waals surface area contributed by atoms with Gasteiger partial charge in [-0.3, -0.25) is 0 Å². The van der Waals surface area contributed by atoms with Crippen LogP contribution in [0.4, 0.5) is 0 Å². The third-order valence-electron chi connectivity index (χ3n) is 14.6. The fourth-order valence-corrected chi connectivity index (χ4v) is 13.8.